The van der Waals surface area contributed by atoms with Crippen LogP contribution >= 0.6 is 0 Å². The van der Waals surface area contributed by atoms with Crippen molar-refractivity contribution in [3.63, 3.8) is 0 Å². The summed E-state index contributed by atoms with van der Waals surface area (Å²) in [5.74, 6) is -8.62. The van der Waals surface area contributed by atoms with Crippen LogP contribution in [0.15, 0.2) is 23.0 Å². The lowest BCUT2D eigenvalue weighted by atomic mass is 9.47. The highest BCUT2D eigenvalue weighted by Gasteiger charge is 2.90. The summed E-state index contributed by atoms with van der Waals surface area (Å²) in [6.07, 6.45) is -4.91. The van der Waals surface area contributed by atoms with Gasteiger partial charge in [0.1, 0.15) is 28.8 Å². The normalized spacial score (nSPS) is 37.7. The van der Waals surface area contributed by atoms with Crippen LogP contribution < -0.4 is 5.32 Å². The molecule has 4 N–H and O–H groups in total. The zero-order valence-electron chi connectivity index (χ0n) is 29.6. The molecule has 1 heterocycles. The lowest BCUT2D eigenvalue weighted by Crippen LogP contribution is -2.73. The molecule has 4 fully saturated rings. The summed E-state index contributed by atoms with van der Waals surface area (Å²) in [6.45, 7) is 10.4. The molecular formula is C35H47NO14. The average Bonchev–Trinajstić information content (AvgIpc) is 3.70. The Kier molecular flexibility index (Phi) is 9.54. The number of ketones is 1. The summed E-state index contributed by atoms with van der Waals surface area (Å²) < 4.78 is 27.5. The summed E-state index contributed by atoms with van der Waals surface area (Å²) in [4.78, 5) is 79.7. The molecule has 3 saturated carbocycles. The fourth-order valence-electron chi connectivity index (χ4n) is 9.17. The van der Waals surface area contributed by atoms with Gasteiger partial charge < -0.3 is 44.3 Å². The van der Waals surface area contributed by atoms with Gasteiger partial charge in [0.05, 0.1) is 19.8 Å². The zero-order chi connectivity index (χ0) is 37.3. The van der Waals surface area contributed by atoms with Crippen molar-refractivity contribution < 1.29 is 67.8 Å². The summed E-state index contributed by atoms with van der Waals surface area (Å²) in [6, 6.07) is -1.20. The lowest BCUT2D eigenvalue weighted by molar-refractivity contribution is -0.275. The van der Waals surface area contributed by atoms with Gasteiger partial charge in [-0.05, 0) is 85.1 Å². The van der Waals surface area contributed by atoms with E-state index in [9.17, 15) is 44.1 Å². The van der Waals surface area contributed by atoms with Crippen LogP contribution in [0.1, 0.15) is 74.1 Å². The number of amides is 1. The first kappa shape index (κ1) is 37.4. The fraction of sp³-hybridized carbons (Fsp3) is 0.714. The van der Waals surface area contributed by atoms with Crippen molar-refractivity contribution in [2.24, 2.45) is 34.5 Å². The van der Waals surface area contributed by atoms with Crippen molar-refractivity contribution in [3.05, 3.63) is 23.0 Å². The van der Waals surface area contributed by atoms with Crippen LogP contribution in [0, 0.1) is 34.5 Å². The van der Waals surface area contributed by atoms with Crippen molar-refractivity contribution in [1.29, 1.82) is 0 Å². The van der Waals surface area contributed by atoms with Gasteiger partial charge in [-0.2, -0.15) is 0 Å². The quantitative estimate of drug-likeness (QED) is 0.167. The van der Waals surface area contributed by atoms with Gasteiger partial charge in [0, 0.05) is 29.7 Å². The molecule has 4 aliphatic carbocycles. The van der Waals surface area contributed by atoms with Gasteiger partial charge in [0.25, 0.3) is 0 Å². The Bertz CT molecular complexity index is 1560. The molecule has 0 aromatic carbocycles. The van der Waals surface area contributed by atoms with Crippen molar-refractivity contribution in [2.45, 2.75) is 110 Å². The molecule has 5 aliphatic rings. The highest BCUT2D eigenvalue weighted by molar-refractivity contribution is 5.98. The Morgan fingerprint density at radius 2 is 1.80 bits per heavy atom. The third kappa shape index (κ3) is 5.80. The average molecular weight is 706 g/mol. The first-order valence-electron chi connectivity index (χ1n) is 16.8. The number of hydrogen-bond donors (Lipinski definition) is 4. The maximum atomic E-state index is 13.9. The highest BCUT2D eigenvalue weighted by atomic mass is 16.6. The molecule has 0 spiro atoms. The summed E-state index contributed by atoms with van der Waals surface area (Å²) in [7, 11) is 1.09. The first-order valence-corrected chi connectivity index (χ1v) is 16.8. The van der Waals surface area contributed by atoms with Gasteiger partial charge >= 0.3 is 30.0 Å². The van der Waals surface area contributed by atoms with E-state index in [2.05, 4.69) is 5.32 Å². The molecule has 276 valence electrons. The van der Waals surface area contributed by atoms with Crippen LogP contribution in [0.3, 0.4) is 0 Å². The van der Waals surface area contributed by atoms with Crippen LogP contribution in [-0.4, -0.2) is 100 Å². The minimum atomic E-state index is -2.16. The zero-order valence-corrected chi connectivity index (χ0v) is 29.6. The van der Waals surface area contributed by atoms with Gasteiger partial charge in [-0.1, -0.05) is 5.57 Å². The van der Waals surface area contributed by atoms with Gasteiger partial charge in [0.15, 0.2) is 11.5 Å². The minimum absolute atomic E-state index is 0.0291. The molecule has 11 atom stereocenters. The molecule has 50 heavy (non-hydrogen) atoms. The number of hydrogen-bond acceptors (Lipinski definition) is 14. The van der Waals surface area contributed by atoms with Crippen LogP contribution in [0.25, 0.3) is 0 Å². The predicted molar refractivity (Wildman–Crippen MR) is 169 cm³/mol. The van der Waals surface area contributed by atoms with Crippen molar-refractivity contribution in [1.82, 2.24) is 5.32 Å². The third-order valence-corrected chi connectivity index (χ3v) is 11.2. The largest absolute Gasteiger partial charge is 0.468 e. The smallest absolute Gasteiger partial charge is 0.408 e. The maximum absolute atomic E-state index is 13.9. The number of fused-ring (bicyclic) bond motifs is 5. The SMILES string of the molecule is COC(=O)C12C[C@@]1(O)[C@H](O)C1[C@@H]3CC(=O)C(OC(=O)[C@H](C)NC(=O)OC(C)(C)C)=C(C)[C@@H](C3)C[C@H]3OC(=O)[C@H](OC(=O)C=C(C)C)[C@@H]2[C@@]13CO. The van der Waals surface area contributed by atoms with Crippen LogP contribution in [0.5, 0.6) is 0 Å². The third-order valence-electron chi connectivity index (χ3n) is 11.2. The Labute approximate surface area is 289 Å². The van der Waals surface area contributed by atoms with E-state index in [4.69, 9.17) is 23.7 Å². The number of aliphatic hydroxyl groups excluding tert-OH is 2. The number of aliphatic hydroxyl groups is 3. The molecule has 0 aromatic rings. The molecule has 0 radical (unpaired) electrons. The molecule has 2 unspecified atom stereocenters. The second-order valence-corrected chi connectivity index (χ2v) is 15.6. The topological polar surface area (TPSA) is 221 Å². The Hall–Kier alpha value is -3.82. The fourth-order valence-corrected chi connectivity index (χ4v) is 9.17. The summed E-state index contributed by atoms with van der Waals surface area (Å²) >= 11 is 0. The number of Topliss-reactive ketones (excluding diaryl/α,β-unsaturated/α-hetero) is 1. The number of methoxy groups -OCH3 is 1. The van der Waals surface area contributed by atoms with Gasteiger partial charge in [-0.15, -0.1) is 0 Å². The summed E-state index contributed by atoms with van der Waals surface area (Å²) in [5.41, 5.74) is -5.72. The second kappa shape index (κ2) is 12.7. The molecule has 5 rings (SSSR count). The number of alkyl carbamates (subject to hydrolysis) is 1. The molecule has 15 nitrogen and oxygen atoms in total. The van der Waals surface area contributed by atoms with Crippen molar-refractivity contribution in [3.8, 4) is 0 Å². The van der Waals surface area contributed by atoms with E-state index in [1.165, 1.54) is 6.92 Å². The standard InChI is InChI=1S/C35H47NO14/c1-15(2)9-22(39)48-25-26-33(14-37)21(47-29(25)42)12-18-10-19(23(33)27(40)35(45)13-34(26,35)30(43)46-8)11-20(38)24(16(18)3)49-28(41)17(4)36-31(44)50-32(5,6)7/h9,17-19,21,23,25-27,37,40,45H,10-14H2,1-8H3,(H,36,44)/t17-,18-,19-,21+,23?,25+,26+,27+,33+,34?,35+/m0/s1. The van der Waals surface area contributed by atoms with Crippen molar-refractivity contribution >= 4 is 35.8 Å². The van der Waals surface area contributed by atoms with E-state index >= 15 is 0 Å². The van der Waals surface area contributed by atoms with Gasteiger partial charge in [0.2, 0.25) is 6.10 Å². The summed E-state index contributed by atoms with van der Waals surface area (Å²) in [5, 5.41) is 37.8. The van der Waals surface area contributed by atoms with Gasteiger partial charge in [-0.3, -0.25) is 9.59 Å². The molecular weight excluding hydrogens is 658 g/mol. The van der Waals surface area contributed by atoms with E-state index in [0.29, 0.717) is 11.1 Å². The van der Waals surface area contributed by atoms with E-state index < -0.39 is 112 Å². The molecule has 1 aliphatic heterocycles. The number of carbonyl (C=O) groups is 6. The van der Waals surface area contributed by atoms with Crippen molar-refractivity contribution in [2.75, 3.05) is 13.7 Å². The number of ether oxygens (including phenoxy) is 5. The molecule has 2 bridgehead atoms. The number of allylic oxidation sites excluding steroid dienone is 3. The van der Waals surface area contributed by atoms with Crippen LogP contribution in [0.2, 0.25) is 0 Å². The van der Waals surface area contributed by atoms with Gasteiger partial charge in [-0.25, -0.2) is 19.2 Å². The molecule has 1 saturated heterocycles. The Morgan fingerprint density at radius 1 is 1.14 bits per heavy atom. The minimum Gasteiger partial charge on any atom is -0.468 e. The van der Waals surface area contributed by atoms with E-state index in [1.54, 1.807) is 41.5 Å². The maximum Gasteiger partial charge on any atom is 0.408 e. The van der Waals surface area contributed by atoms with Crippen LogP contribution in [0.4, 0.5) is 4.79 Å². The highest BCUT2D eigenvalue weighted by Crippen LogP contribution is 2.77. The number of carbonyl (C=O) groups excluding carboxylic acids is 6. The molecule has 1 amide bonds. The van der Waals surface area contributed by atoms with E-state index in [0.717, 1.165) is 13.2 Å². The Morgan fingerprint density at radius 3 is 2.38 bits per heavy atom. The van der Waals surface area contributed by atoms with Crippen LogP contribution in [-0.2, 0) is 47.7 Å². The van der Waals surface area contributed by atoms with E-state index in [1.807, 2.05) is 0 Å². The monoisotopic (exact) mass is 705 g/mol. The number of esters is 4. The lowest BCUT2D eigenvalue weighted by Gasteiger charge is -2.60. The second-order valence-electron chi connectivity index (χ2n) is 15.6. The Balaban J connectivity index is 1.57. The number of rotatable bonds is 7. The number of nitrogens with one attached hydrogen (secondary N) is 1. The first-order chi connectivity index (χ1) is 23.2. The molecule has 15 heteroatoms. The van der Waals surface area contributed by atoms with E-state index in [-0.39, 0.29) is 31.4 Å². The molecule has 0 aromatic heterocycles. The predicted octanol–water partition coefficient (Wildman–Crippen LogP) is 1.40.